The number of hydrogen-bond donors (Lipinski definition) is 1. The quantitative estimate of drug-likeness (QED) is 0.620. The van der Waals surface area contributed by atoms with Gasteiger partial charge in [-0.1, -0.05) is 6.07 Å². The Balaban J connectivity index is 1.84. The molecule has 0 atom stereocenters. The second-order valence-corrected chi connectivity index (χ2v) is 6.54. The molecule has 1 aromatic rings. The zero-order chi connectivity index (χ0) is 18.0. The Kier molecular flexibility index (Phi) is 5.03. The van der Waals surface area contributed by atoms with E-state index in [0.29, 0.717) is 31.4 Å². The van der Waals surface area contributed by atoms with Crippen LogP contribution < -0.4 is 10.6 Å². The minimum absolute atomic E-state index is 0.253. The maximum Gasteiger partial charge on any atom is 0.273 e. The SMILES string of the molecule is CN(CCCCN)c1cccc2c1CN(N1C(=O)CCCC1=O)C2=O. The minimum Gasteiger partial charge on any atom is -0.374 e. The molecule has 0 saturated carbocycles. The van der Waals surface area contributed by atoms with E-state index in [9.17, 15) is 14.4 Å². The van der Waals surface area contributed by atoms with E-state index in [-0.39, 0.29) is 24.3 Å². The number of nitrogens with zero attached hydrogens (tertiary/aromatic N) is 3. The molecule has 25 heavy (non-hydrogen) atoms. The first-order chi connectivity index (χ1) is 12.0. The molecule has 7 nitrogen and oxygen atoms in total. The number of benzene rings is 1. The number of fused-ring (bicyclic) bond motifs is 1. The van der Waals surface area contributed by atoms with Gasteiger partial charge in [-0.3, -0.25) is 14.4 Å². The van der Waals surface area contributed by atoms with Gasteiger partial charge in [-0.15, -0.1) is 0 Å². The molecule has 2 aliphatic heterocycles. The van der Waals surface area contributed by atoms with Gasteiger partial charge in [-0.25, -0.2) is 5.01 Å². The molecule has 2 aliphatic rings. The molecule has 0 aliphatic carbocycles. The maximum absolute atomic E-state index is 12.8. The Hall–Kier alpha value is -2.41. The first-order valence-corrected chi connectivity index (χ1v) is 8.75. The zero-order valence-electron chi connectivity index (χ0n) is 14.5. The molecule has 2 N–H and O–H groups in total. The summed E-state index contributed by atoms with van der Waals surface area (Å²) in [5.41, 5.74) is 7.94. The van der Waals surface area contributed by atoms with Gasteiger partial charge in [0.05, 0.1) is 6.54 Å². The van der Waals surface area contributed by atoms with E-state index < -0.39 is 0 Å². The summed E-state index contributed by atoms with van der Waals surface area (Å²) in [4.78, 5) is 39.2. The molecule has 0 aromatic heterocycles. The van der Waals surface area contributed by atoms with Gasteiger partial charge in [0.2, 0.25) is 11.8 Å². The summed E-state index contributed by atoms with van der Waals surface area (Å²) in [7, 11) is 1.98. The highest BCUT2D eigenvalue weighted by Gasteiger charge is 2.40. The van der Waals surface area contributed by atoms with Crippen LogP contribution in [0.25, 0.3) is 0 Å². The Labute approximate surface area is 147 Å². The maximum atomic E-state index is 12.8. The average Bonchev–Trinajstić information content (AvgIpc) is 2.92. The van der Waals surface area contributed by atoms with Crippen molar-refractivity contribution in [3.8, 4) is 0 Å². The van der Waals surface area contributed by atoms with E-state index in [4.69, 9.17) is 5.73 Å². The number of piperidine rings is 1. The number of nitrogens with two attached hydrogens (primary N) is 1. The van der Waals surface area contributed by atoms with Crippen LogP contribution in [0.1, 0.15) is 48.0 Å². The summed E-state index contributed by atoms with van der Waals surface area (Å²) in [5.74, 6) is -0.874. The van der Waals surface area contributed by atoms with Gasteiger partial charge in [0.15, 0.2) is 0 Å². The van der Waals surface area contributed by atoms with Gasteiger partial charge >= 0.3 is 0 Å². The van der Waals surface area contributed by atoms with Crippen LogP contribution in [-0.2, 0) is 16.1 Å². The number of imide groups is 1. The Morgan fingerprint density at radius 1 is 1.12 bits per heavy atom. The topological polar surface area (TPSA) is 86.9 Å². The van der Waals surface area contributed by atoms with Crippen LogP contribution in [0.15, 0.2) is 18.2 Å². The third-order valence-electron chi connectivity index (χ3n) is 4.78. The highest BCUT2D eigenvalue weighted by atomic mass is 16.2. The zero-order valence-corrected chi connectivity index (χ0v) is 14.5. The molecule has 0 unspecified atom stereocenters. The number of anilines is 1. The first kappa shape index (κ1) is 17.4. The van der Waals surface area contributed by atoms with Crippen molar-refractivity contribution in [3.05, 3.63) is 29.3 Å². The molecular formula is C18H24N4O3. The third kappa shape index (κ3) is 3.24. The minimum atomic E-state index is -0.296. The molecule has 3 amide bonds. The summed E-state index contributed by atoms with van der Waals surface area (Å²) in [6.45, 7) is 1.75. The van der Waals surface area contributed by atoms with Gasteiger partial charge in [-0.05, 0) is 37.9 Å². The number of hydrogen-bond acceptors (Lipinski definition) is 5. The fraction of sp³-hybridized carbons (Fsp3) is 0.500. The molecule has 134 valence electrons. The van der Waals surface area contributed by atoms with Crippen molar-refractivity contribution >= 4 is 23.4 Å². The number of hydrazine groups is 1. The molecule has 1 saturated heterocycles. The number of unbranched alkanes of at least 4 members (excludes halogenated alkanes) is 1. The van der Waals surface area contributed by atoms with Crippen LogP contribution in [0.2, 0.25) is 0 Å². The second-order valence-electron chi connectivity index (χ2n) is 6.54. The average molecular weight is 344 g/mol. The highest BCUT2D eigenvalue weighted by Crippen LogP contribution is 2.33. The lowest BCUT2D eigenvalue weighted by Gasteiger charge is -2.32. The Morgan fingerprint density at radius 2 is 1.84 bits per heavy atom. The predicted molar refractivity (Wildman–Crippen MR) is 93.6 cm³/mol. The van der Waals surface area contributed by atoms with Crippen LogP contribution >= 0.6 is 0 Å². The van der Waals surface area contributed by atoms with E-state index in [1.165, 1.54) is 5.01 Å². The Morgan fingerprint density at radius 3 is 2.52 bits per heavy atom. The monoisotopic (exact) mass is 344 g/mol. The van der Waals surface area contributed by atoms with Crippen molar-refractivity contribution in [2.24, 2.45) is 5.73 Å². The molecular weight excluding hydrogens is 320 g/mol. The molecule has 0 spiro atoms. The second kappa shape index (κ2) is 7.23. The fourth-order valence-corrected chi connectivity index (χ4v) is 3.45. The molecule has 0 bridgehead atoms. The third-order valence-corrected chi connectivity index (χ3v) is 4.78. The first-order valence-electron chi connectivity index (χ1n) is 8.75. The smallest absolute Gasteiger partial charge is 0.273 e. The van der Waals surface area contributed by atoms with E-state index in [0.717, 1.165) is 35.6 Å². The van der Waals surface area contributed by atoms with Crippen LogP contribution in [-0.4, -0.2) is 47.9 Å². The summed E-state index contributed by atoms with van der Waals surface area (Å²) in [6, 6.07) is 5.57. The van der Waals surface area contributed by atoms with Crippen LogP contribution in [0.5, 0.6) is 0 Å². The molecule has 1 aromatic carbocycles. The lowest BCUT2D eigenvalue weighted by atomic mass is 10.1. The van der Waals surface area contributed by atoms with Crippen molar-refractivity contribution in [2.45, 2.75) is 38.6 Å². The lowest BCUT2D eigenvalue weighted by Crippen LogP contribution is -2.52. The van der Waals surface area contributed by atoms with Gasteiger partial charge in [0.1, 0.15) is 0 Å². The normalized spacial score (nSPS) is 17.3. The van der Waals surface area contributed by atoms with Crippen LogP contribution in [0.3, 0.4) is 0 Å². The lowest BCUT2D eigenvalue weighted by molar-refractivity contribution is -0.163. The standard InChI is InChI=1S/C18H24N4O3/c1-20(11-3-2-10-19)15-7-4-6-13-14(15)12-21(18(13)25)22-16(23)8-5-9-17(22)24/h4,6-7H,2-3,5,8-12,19H2,1H3. The summed E-state index contributed by atoms with van der Waals surface area (Å²) < 4.78 is 0. The van der Waals surface area contributed by atoms with Crippen molar-refractivity contribution in [1.82, 2.24) is 10.0 Å². The molecule has 0 radical (unpaired) electrons. The van der Waals surface area contributed by atoms with Crippen LogP contribution in [0.4, 0.5) is 5.69 Å². The molecule has 1 fully saturated rings. The van der Waals surface area contributed by atoms with Gasteiger partial charge in [0, 0.05) is 43.2 Å². The number of rotatable bonds is 6. The fourth-order valence-electron chi connectivity index (χ4n) is 3.45. The summed E-state index contributed by atoms with van der Waals surface area (Å²) >= 11 is 0. The van der Waals surface area contributed by atoms with Crippen molar-refractivity contribution in [1.29, 1.82) is 0 Å². The molecule has 2 heterocycles. The van der Waals surface area contributed by atoms with Gasteiger partial charge < -0.3 is 10.6 Å². The predicted octanol–water partition coefficient (Wildman–Crippen LogP) is 1.27. The summed E-state index contributed by atoms with van der Waals surface area (Å²) in [5, 5.41) is 2.34. The van der Waals surface area contributed by atoms with Crippen LogP contribution in [0, 0.1) is 0 Å². The van der Waals surface area contributed by atoms with E-state index >= 15 is 0 Å². The van der Waals surface area contributed by atoms with Crippen molar-refractivity contribution < 1.29 is 14.4 Å². The number of carbonyl (C=O) groups excluding carboxylic acids is 3. The number of amides is 3. The summed E-state index contributed by atoms with van der Waals surface area (Å²) in [6.07, 6.45) is 3.08. The molecule has 3 rings (SSSR count). The van der Waals surface area contributed by atoms with E-state index in [2.05, 4.69) is 4.90 Å². The van der Waals surface area contributed by atoms with Crippen molar-refractivity contribution in [2.75, 3.05) is 25.0 Å². The van der Waals surface area contributed by atoms with E-state index in [1.807, 2.05) is 19.2 Å². The highest BCUT2D eigenvalue weighted by molar-refractivity contribution is 6.05. The van der Waals surface area contributed by atoms with Gasteiger partial charge in [-0.2, -0.15) is 5.01 Å². The van der Waals surface area contributed by atoms with Gasteiger partial charge in [0.25, 0.3) is 5.91 Å². The largest absolute Gasteiger partial charge is 0.374 e. The molecule has 7 heteroatoms. The van der Waals surface area contributed by atoms with E-state index in [1.54, 1.807) is 6.07 Å². The Bertz CT molecular complexity index is 688. The number of carbonyl (C=O) groups is 3. The van der Waals surface area contributed by atoms with Crippen molar-refractivity contribution in [3.63, 3.8) is 0 Å².